The summed E-state index contributed by atoms with van der Waals surface area (Å²) in [4.78, 5) is 10.9. The molecule has 0 saturated carbocycles. The number of aliphatic hydroxyl groups excluding tert-OH is 1. The lowest BCUT2D eigenvalue weighted by molar-refractivity contribution is -0.138. The zero-order valence-electron chi connectivity index (χ0n) is 7.46. The van der Waals surface area contributed by atoms with Crippen molar-refractivity contribution in [3.8, 4) is 0 Å². The van der Waals surface area contributed by atoms with Crippen LogP contribution in [0.25, 0.3) is 0 Å². The van der Waals surface area contributed by atoms with Gasteiger partial charge < -0.3 is 15.2 Å². The summed E-state index contributed by atoms with van der Waals surface area (Å²) < 4.78 is 4.65. The zero-order chi connectivity index (χ0) is 9.56. The third kappa shape index (κ3) is 4.73. The van der Waals surface area contributed by atoms with Crippen molar-refractivity contribution >= 4 is 5.97 Å². The topological polar surface area (TPSA) is 58.6 Å². The molecule has 12 heavy (non-hydrogen) atoms. The van der Waals surface area contributed by atoms with E-state index in [-0.39, 0.29) is 5.70 Å². The van der Waals surface area contributed by atoms with Gasteiger partial charge in [0.2, 0.25) is 0 Å². The highest BCUT2D eigenvalue weighted by Crippen LogP contribution is 1.90. The monoisotopic (exact) mass is 173 g/mol. The van der Waals surface area contributed by atoms with E-state index in [2.05, 4.69) is 16.6 Å². The third-order valence-electron chi connectivity index (χ3n) is 1.13. The molecule has 0 spiro atoms. The van der Waals surface area contributed by atoms with E-state index < -0.39 is 12.1 Å². The molecule has 70 valence electrons. The summed E-state index contributed by atoms with van der Waals surface area (Å²) in [5.74, 6) is -0.474. The van der Waals surface area contributed by atoms with Gasteiger partial charge in [0.25, 0.3) is 0 Å². The lowest BCUT2D eigenvalue weighted by Gasteiger charge is -2.09. The molecule has 4 heteroatoms. The standard InChI is InChI=1S/C8H15NO3/c1-4-12-8(11)7(3)9-5-6(2)10/h6,9-10H,3-5H2,1-2H3. The van der Waals surface area contributed by atoms with Gasteiger partial charge in [-0.2, -0.15) is 0 Å². The van der Waals surface area contributed by atoms with Crippen LogP contribution >= 0.6 is 0 Å². The minimum atomic E-state index is -0.504. The molecular formula is C8H15NO3. The second kappa shape index (κ2) is 5.60. The lowest BCUT2D eigenvalue weighted by Crippen LogP contribution is -2.28. The molecule has 0 fully saturated rings. The van der Waals surface area contributed by atoms with Crippen LogP contribution in [-0.2, 0) is 9.53 Å². The minimum absolute atomic E-state index is 0.178. The van der Waals surface area contributed by atoms with Gasteiger partial charge in [0.05, 0.1) is 12.7 Å². The molecule has 0 bridgehead atoms. The first-order valence-corrected chi connectivity index (χ1v) is 3.85. The molecule has 1 unspecified atom stereocenters. The van der Waals surface area contributed by atoms with Gasteiger partial charge in [-0.1, -0.05) is 6.58 Å². The van der Waals surface area contributed by atoms with E-state index in [0.717, 1.165) is 0 Å². The fourth-order valence-electron chi connectivity index (χ4n) is 0.561. The van der Waals surface area contributed by atoms with Gasteiger partial charge in [0.15, 0.2) is 0 Å². The number of carbonyl (C=O) groups is 1. The second-order valence-corrected chi connectivity index (χ2v) is 2.43. The summed E-state index contributed by atoms with van der Waals surface area (Å²) in [6, 6.07) is 0. The molecule has 0 rings (SSSR count). The summed E-state index contributed by atoms with van der Waals surface area (Å²) in [6.45, 7) is 7.42. The summed E-state index contributed by atoms with van der Waals surface area (Å²) in [5, 5.41) is 11.5. The van der Waals surface area contributed by atoms with Crippen LogP contribution < -0.4 is 5.32 Å². The van der Waals surface area contributed by atoms with Crippen LogP contribution in [0.4, 0.5) is 0 Å². The van der Waals surface area contributed by atoms with E-state index in [4.69, 9.17) is 5.11 Å². The van der Waals surface area contributed by atoms with Gasteiger partial charge in [0.1, 0.15) is 5.70 Å². The summed E-state index contributed by atoms with van der Waals surface area (Å²) in [7, 11) is 0. The number of hydrogen-bond acceptors (Lipinski definition) is 4. The Labute approximate surface area is 72.2 Å². The molecule has 0 heterocycles. The quantitative estimate of drug-likeness (QED) is 0.455. The predicted molar refractivity (Wildman–Crippen MR) is 45.5 cm³/mol. The van der Waals surface area contributed by atoms with Gasteiger partial charge in [-0.3, -0.25) is 0 Å². The molecule has 4 nitrogen and oxygen atoms in total. The molecule has 1 atom stereocenters. The van der Waals surface area contributed by atoms with Crippen molar-refractivity contribution in [1.29, 1.82) is 0 Å². The SMILES string of the molecule is C=C(NCC(C)O)C(=O)OCC. The van der Waals surface area contributed by atoms with Crippen LogP contribution in [0, 0.1) is 0 Å². The summed E-state index contributed by atoms with van der Waals surface area (Å²) in [6.07, 6.45) is -0.504. The molecular weight excluding hydrogens is 158 g/mol. The van der Waals surface area contributed by atoms with Crippen molar-refractivity contribution in [2.24, 2.45) is 0 Å². The molecule has 0 radical (unpaired) electrons. The van der Waals surface area contributed by atoms with Crippen LogP contribution in [0.1, 0.15) is 13.8 Å². The smallest absolute Gasteiger partial charge is 0.353 e. The number of rotatable bonds is 5. The first-order valence-electron chi connectivity index (χ1n) is 3.85. The Hall–Kier alpha value is -1.03. The fraction of sp³-hybridized carbons (Fsp3) is 0.625. The van der Waals surface area contributed by atoms with Crippen molar-refractivity contribution < 1.29 is 14.6 Å². The van der Waals surface area contributed by atoms with Crippen molar-refractivity contribution in [3.05, 3.63) is 12.3 Å². The van der Waals surface area contributed by atoms with Crippen molar-refractivity contribution in [2.75, 3.05) is 13.2 Å². The van der Waals surface area contributed by atoms with E-state index in [0.29, 0.717) is 13.2 Å². The third-order valence-corrected chi connectivity index (χ3v) is 1.13. The predicted octanol–water partition coefficient (Wildman–Crippen LogP) is 0.0336. The maximum atomic E-state index is 10.9. The average molecular weight is 173 g/mol. The van der Waals surface area contributed by atoms with E-state index >= 15 is 0 Å². The van der Waals surface area contributed by atoms with Crippen molar-refractivity contribution in [3.63, 3.8) is 0 Å². The Morgan fingerprint density at radius 3 is 2.75 bits per heavy atom. The maximum Gasteiger partial charge on any atom is 0.353 e. The highest BCUT2D eigenvalue weighted by atomic mass is 16.5. The van der Waals surface area contributed by atoms with Crippen LogP contribution in [0.15, 0.2) is 12.3 Å². The van der Waals surface area contributed by atoms with Crippen LogP contribution in [0.5, 0.6) is 0 Å². The maximum absolute atomic E-state index is 10.9. The van der Waals surface area contributed by atoms with Crippen molar-refractivity contribution in [2.45, 2.75) is 20.0 Å². The van der Waals surface area contributed by atoms with E-state index in [1.807, 2.05) is 0 Å². The number of esters is 1. The second-order valence-electron chi connectivity index (χ2n) is 2.43. The van der Waals surface area contributed by atoms with E-state index in [1.54, 1.807) is 13.8 Å². The van der Waals surface area contributed by atoms with Crippen LogP contribution in [0.2, 0.25) is 0 Å². The van der Waals surface area contributed by atoms with Gasteiger partial charge in [-0.05, 0) is 13.8 Å². The highest BCUT2D eigenvalue weighted by Gasteiger charge is 2.06. The van der Waals surface area contributed by atoms with E-state index in [1.165, 1.54) is 0 Å². The Balaban J connectivity index is 3.65. The Morgan fingerprint density at radius 1 is 1.75 bits per heavy atom. The summed E-state index contributed by atoms with van der Waals surface area (Å²) in [5.41, 5.74) is 0.178. The van der Waals surface area contributed by atoms with E-state index in [9.17, 15) is 4.79 Å². The van der Waals surface area contributed by atoms with Gasteiger partial charge in [-0.25, -0.2) is 4.79 Å². The van der Waals surface area contributed by atoms with Crippen molar-refractivity contribution in [1.82, 2.24) is 5.32 Å². The molecule has 2 N–H and O–H groups in total. The van der Waals surface area contributed by atoms with Gasteiger partial charge in [0, 0.05) is 6.54 Å². The number of nitrogens with one attached hydrogen (secondary N) is 1. The first kappa shape index (κ1) is 11.0. The van der Waals surface area contributed by atoms with Gasteiger partial charge in [-0.15, -0.1) is 0 Å². The molecule has 0 aliphatic rings. The van der Waals surface area contributed by atoms with Crippen LogP contribution in [-0.4, -0.2) is 30.3 Å². The Kier molecular flexibility index (Phi) is 5.12. The number of carbonyl (C=O) groups excluding carboxylic acids is 1. The summed E-state index contributed by atoms with van der Waals surface area (Å²) >= 11 is 0. The number of hydrogen-bond donors (Lipinski definition) is 2. The first-order chi connectivity index (χ1) is 5.57. The molecule has 0 aliphatic heterocycles. The molecule has 0 aliphatic carbocycles. The zero-order valence-corrected chi connectivity index (χ0v) is 7.46. The average Bonchev–Trinajstić information content (AvgIpc) is 2.00. The highest BCUT2D eigenvalue weighted by molar-refractivity contribution is 5.86. The fourth-order valence-corrected chi connectivity index (χ4v) is 0.561. The number of aliphatic hydroxyl groups is 1. The number of ether oxygens (including phenoxy) is 1. The molecule has 0 aromatic heterocycles. The molecule has 0 aromatic rings. The molecule has 0 saturated heterocycles. The van der Waals surface area contributed by atoms with Gasteiger partial charge >= 0.3 is 5.97 Å². The molecule has 0 amide bonds. The minimum Gasteiger partial charge on any atom is -0.461 e. The Morgan fingerprint density at radius 2 is 2.33 bits per heavy atom. The largest absolute Gasteiger partial charge is 0.461 e. The molecule has 0 aromatic carbocycles. The normalized spacial score (nSPS) is 11.9. The lowest BCUT2D eigenvalue weighted by atomic mass is 10.4. The Bertz CT molecular complexity index is 166. The van der Waals surface area contributed by atoms with Crippen LogP contribution in [0.3, 0.4) is 0 Å².